The molecule has 0 aromatic carbocycles. The average Bonchev–Trinajstić information content (AvgIpc) is 2.44. The van der Waals surface area contributed by atoms with Crippen molar-refractivity contribution in [3.8, 4) is 0 Å². The largest absolute Gasteiger partial charge is 0.350 e. The summed E-state index contributed by atoms with van der Waals surface area (Å²) in [6.07, 6.45) is 1.89. The third kappa shape index (κ3) is 2.96. The Balaban J connectivity index is 2.24. The minimum atomic E-state index is -0.450. The third-order valence-electron chi connectivity index (χ3n) is 3.56. The van der Waals surface area contributed by atoms with E-state index in [0.717, 1.165) is 6.42 Å². The lowest BCUT2D eigenvalue weighted by molar-refractivity contribution is 0.0949. The van der Waals surface area contributed by atoms with Crippen LogP contribution in [0.15, 0.2) is 10.9 Å². The molecule has 1 aliphatic carbocycles. The number of hydrogen-bond acceptors (Lipinski definition) is 4. The van der Waals surface area contributed by atoms with Crippen molar-refractivity contribution in [1.82, 2.24) is 15.6 Å². The summed E-state index contributed by atoms with van der Waals surface area (Å²) in [6.45, 7) is 2.33. The first kappa shape index (κ1) is 14.5. The summed E-state index contributed by atoms with van der Waals surface area (Å²) >= 11 is 0. The minimum absolute atomic E-state index is 0.00213. The molecule has 1 aromatic heterocycles. The van der Waals surface area contributed by atoms with Crippen LogP contribution in [0.2, 0.25) is 0 Å². The molecule has 0 spiro atoms. The molecular formula is C14H19N3O3. The highest BCUT2D eigenvalue weighted by Gasteiger charge is 2.21. The molecule has 1 heterocycles. The lowest BCUT2D eigenvalue weighted by Crippen LogP contribution is -2.39. The molecular weight excluding hydrogens is 258 g/mol. The van der Waals surface area contributed by atoms with Gasteiger partial charge < -0.3 is 15.6 Å². The van der Waals surface area contributed by atoms with Crippen LogP contribution in [0.3, 0.4) is 0 Å². The third-order valence-corrected chi connectivity index (χ3v) is 3.56. The van der Waals surface area contributed by atoms with Gasteiger partial charge in [0, 0.05) is 30.3 Å². The second-order valence-corrected chi connectivity index (χ2v) is 5.08. The topological polar surface area (TPSA) is 91.1 Å². The molecule has 108 valence electrons. The quantitative estimate of drug-likeness (QED) is 0.735. The molecule has 1 aliphatic rings. The van der Waals surface area contributed by atoms with Crippen LogP contribution in [0, 0.1) is 0 Å². The van der Waals surface area contributed by atoms with E-state index in [0.29, 0.717) is 30.6 Å². The molecule has 0 saturated heterocycles. The smallest absolute Gasteiger partial charge is 0.261 e. The summed E-state index contributed by atoms with van der Waals surface area (Å²) in [4.78, 5) is 38.4. The summed E-state index contributed by atoms with van der Waals surface area (Å²) in [5.41, 5.74) is 0.685. The second kappa shape index (κ2) is 6.00. The highest BCUT2D eigenvalue weighted by atomic mass is 16.2. The molecule has 0 bridgehead atoms. The van der Waals surface area contributed by atoms with Crippen molar-refractivity contribution in [2.24, 2.45) is 0 Å². The minimum Gasteiger partial charge on any atom is -0.350 e. The van der Waals surface area contributed by atoms with Crippen LogP contribution >= 0.6 is 0 Å². The van der Waals surface area contributed by atoms with E-state index in [9.17, 15) is 14.4 Å². The normalized spacial score (nSPS) is 15.6. The Hall–Kier alpha value is -1.95. The number of H-pyrrole nitrogens is 1. The molecule has 6 heteroatoms. The first-order valence-electron chi connectivity index (χ1n) is 6.77. The number of fused-ring (bicyclic) bond motifs is 1. The number of aromatic nitrogens is 1. The van der Waals surface area contributed by atoms with Crippen LogP contribution in [0.4, 0.5) is 0 Å². The maximum absolute atomic E-state index is 12.0. The van der Waals surface area contributed by atoms with Gasteiger partial charge in [0.15, 0.2) is 5.78 Å². The van der Waals surface area contributed by atoms with Crippen molar-refractivity contribution in [1.29, 1.82) is 0 Å². The monoisotopic (exact) mass is 277 g/mol. The molecule has 0 radical (unpaired) electrons. The van der Waals surface area contributed by atoms with E-state index in [1.54, 1.807) is 7.05 Å². The summed E-state index contributed by atoms with van der Waals surface area (Å²) < 4.78 is 0. The van der Waals surface area contributed by atoms with Crippen molar-refractivity contribution < 1.29 is 9.59 Å². The number of aromatic amines is 1. The number of rotatable bonds is 4. The molecule has 3 N–H and O–H groups in total. The summed E-state index contributed by atoms with van der Waals surface area (Å²) in [5, 5.41) is 5.67. The highest BCUT2D eigenvalue weighted by Crippen LogP contribution is 2.18. The zero-order chi connectivity index (χ0) is 14.7. The van der Waals surface area contributed by atoms with Crippen molar-refractivity contribution in [2.75, 3.05) is 13.6 Å². The Morgan fingerprint density at radius 1 is 1.40 bits per heavy atom. The SMILES string of the molecule is CNC(C)CNC(=O)c1cc2c([nH]c1=O)CCCC2=O. The number of Topliss-reactive ketones (excluding diaryl/α,β-unsaturated/α-hetero) is 1. The van der Waals surface area contributed by atoms with Crippen molar-refractivity contribution in [2.45, 2.75) is 32.2 Å². The number of carbonyl (C=O) groups is 2. The van der Waals surface area contributed by atoms with Gasteiger partial charge in [-0.15, -0.1) is 0 Å². The first-order valence-corrected chi connectivity index (χ1v) is 6.77. The van der Waals surface area contributed by atoms with Gasteiger partial charge in [-0.1, -0.05) is 0 Å². The van der Waals surface area contributed by atoms with Crippen molar-refractivity contribution in [3.63, 3.8) is 0 Å². The van der Waals surface area contributed by atoms with E-state index in [4.69, 9.17) is 0 Å². The van der Waals surface area contributed by atoms with E-state index in [2.05, 4.69) is 15.6 Å². The molecule has 20 heavy (non-hydrogen) atoms. The van der Waals surface area contributed by atoms with Crippen LogP contribution in [0.5, 0.6) is 0 Å². The van der Waals surface area contributed by atoms with Gasteiger partial charge in [0.2, 0.25) is 0 Å². The number of aryl methyl sites for hydroxylation is 1. The number of pyridine rings is 1. The molecule has 2 rings (SSSR count). The van der Waals surface area contributed by atoms with Crippen molar-refractivity contribution >= 4 is 11.7 Å². The standard InChI is InChI=1S/C14H19N3O3/c1-8(15-2)7-16-13(19)10-6-9-11(17-14(10)20)4-3-5-12(9)18/h6,8,15H,3-5,7H2,1-2H3,(H,16,19)(H,17,20). The fourth-order valence-corrected chi connectivity index (χ4v) is 2.19. The fourth-order valence-electron chi connectivity index (χ4n) is 2.19. The Labute approximate surface area is 117 Å². The maximum atomic E-state index is 12.0. The molecule has 1 atom stereocenters. The molecule has 1 amide bonds. The van der Waals surface area contributed by atoms with E-state index < -0.39 is 11.5 Å². The second-order valence-electron chi connectivity index (χ2n) is 5.08. The van der Waals surface area contributed by atoms with Gasteiger partial charge in [0.25, 0.3) is 11.5 Å². The summed E-state index contributed by atoms with van der Waals surface area (Å²) in [7, 11) is 1.79. The number of carbonyl (C=O) groups excluding carboxylic acids is 2. The maximum Gasteiger partial charge on any atom is 0.261 e. The Morgan fingerprint density at radius 2 is 2.15 bits per heavy atom. The zero-order valence-electron chi connectivity index (χ0n) is 11.7. The van der Waals surface area contributed by atoms with E-state index in [1.807, 2.05) is 6.92 Å². The number of ketones is 1. The average molecular weight is 277 g/mol. The Bertz CT molecular complexity index is 592. The van der Waals surface area contributed by atoms with Gasteiger partial charge in [-0.25, -0.2) is 0 Å². The van der Waals surface area contributed by atoms with Gasteiger partial charge in [-0.3, -0.25) is 14.4 Å². The number of nitrogens with one attached hydrogen (secondary N) is 3. The molecule has 6 nitrogen and oxygen atoms in total. The predicted octanol–water partition coefficient (Wildman–Crippen LogP) is 0.232. The molecule has 0 saturated carbocycles. The van der Waals surface area contributed by atoms with E-state index >= 15 is 0 Å². The van der Waals surface area contributed by atoms with Crippen LogP contribution in [-0.4, -0.2) is 36.3 Å². The molecule has 1 aromatic rings. The lowest BCUT2D eigenvalue weighted by Gasteiger charge is -2.15. The van der Waals surface area contributed by atoms with Gasteiger partial charge >= 0.3 is 0 Å². The van der Waals surface area contributed by atoms with E-state index in [-0.39, 0.29) is 17.4 Å². The first-order chi connectivity index (χ1) is 9.52. The lowest BCUT2D eigenvalue weighted by atomic mass is 9.93. The van der Waals surface area contributed by atoms with E-state index in [1.165, 1.54) is 6.07 Å². The van der Waals surface area contributed by atoms with Gasteiger partial charge in [0.05, 0.1) is 0 Å². The molecule has 0 fully saturated rings. The Morgan fingerprint density at radius 3 is 2.85 bits per heavy atom. The molecule has 1 unspecified atom stereocenters. The van der Waals surface area contributed by atoms with Crippen LogP contribution in [0.1, 0.15) is 46.2 Å². The van der Waals surface area contributed by atoms with Gasteiger partial charge in [0.1, 0.15) is 5.56 Å². The zero-order valence-corrected chi connectivity index (χ0v) is 11.7. The fraction of sp³-hybridized carbons (Fsp3) is 0.500. The number of likely N-dealkylation sites (N-methyl/N-ethyl adjacent to an activating group) is 1. The van der Waals surface area contributed by atoms with Crippen LogP contribution < -0.4 is 16.2 Å². The van der Waals surface area contributed by atoms with Gasteiger partial charge in [-0.05, 0) is 32.9 Å². The molecule has 0 aliphatic heterocycles. The van der Waals surface area contributed by atoms with Crippen molar-refractivity contribution in [3.05, 3.63) is 33.2 Å². The number of hydrogen-bond donors (Lipinski definition) is 3. The Kier molecular flexibility index (Phi) is 4.34. The summed E-state index contributed by atoms with van der Waals surface area (Å²) in [6, 6.07) is 1.53. The van der Waals surface area contributed by atoms with Crippen LogP contribution in [-0.2, 0) is 6.42 Å². The predicted molar refractivity (Wildman–Crippen MR) is 75.2 cm³/mol. The van der Waals surface area contributed by atoms with Crippen LogP contribution in [0.25, 0.3) is 0 Å². The number of amides is 1. The van der Waals surface area contributed by atoms with Gasteiger partial charge in [-0.2, -0.15) is 0 Å². The highest BCUT2D eigenvalue weighted by molar-refractivity contribution is 6.01. The summed E-state index contributed by atoms with van der Waals surface area (Å²) in [5.74, 6) is -0.463.